The highest BCUT2D eigenvalue weighted by Gasteiger charge is 2.19. The highest BCUT2D eigenvalue weighted by molar-refractivity contribution is 7.89. The average molecular weight is 314 g/mol. The van der Waals surface area contributed by atoms with E-state index in [-0.39, 0.29) is 12.1 Å². The molecule has 2 unspecified atom stereocenters. The predicted molar refractivity (Wildman–Crippen MR) is 84.8 cm³/mol. The third-order valence-corrected chi connectivity index (χ3v) is 4.79. The molecule has 0 saturated heterocycles. The van der Waals surface area contributed by atoms with E-state index in [1.807, 2.05) is 13.0 Å². The maximum Gasteiger partial charge on any atom is 0.240 e. The smallest absolute Gasteiger partial charge is 0.240 e. The molecule has 5 nitrogen and oxygen atoms in total. The zero-order valence-electron chi connectivity index (χ0n) is 13.2. The molecule has 2 atom stereocenters. The van der Waals surface area contributed by atoms with Gasteiger partial charge in [-0.15, -0.1) is 0 Å². The number of hydrogen-bond donors (Lipinski definition) is 2. The number of hydrogen-bond acceptors (Lipinski definition) is 4. The summed E-state index contributed by atoms with van der Waals surface area (Å²) in [4.78, 5) is 0.291. The second-order valence-corrected chi connectivity index (χ2v) is 6.78. The van der Waals surface area contributed by atoms with E-state index in [0.29, 0.717) is 11.5 Å². The Labute approximate surface area is 128 Å². The Morgan fingerprint density at radius 3 is 2.57 bits per heavy atom. The summed E-state index contributed by atoms with van der Waals surface area (Å²) >= 11 is 0. The maximum absolute atomic E-state index is 12.4. The van der Waals surface area contributed by atoms with Gasteiger partial charge in [0.05, 0.1) is 11.5 Å². The van der Waals surface area contributed by atoms with Crippen molar-refractivity contribution in [1.29, 1.82) is 0 Å². The minimum atomic E-state index is -3.52. The lowest BCUT2D eigenvalue weighted by Crippen LogP contribution is -2.35. The molecule has 0 radical (unpaired) electrons. The van der Waals surface area contributed by atoms with Gasteiger partial charge in [0, 0.05) is 19.2 Å². The van der Waals surface area contributed by atoms with Crippen LogP contribution < -0.4 is 10.0 Å². The van der Waals surface area contributed by atoms with Crippen molar-refractivity contribution in [3.63, 3.8) is 0 Å². The van der Waals surface area contributed by atoms with Crippen LogP contribution in [0, 0.1) is 0 Å². The molecule has 0 amide bonds. The lowest BCUT2D eigenvalue weighted by molar-refractivity contribution is 0.180. The minimum absolute atomic E-state index is 0.168. The number of ether oxygens (including phenoxy) is 1. The molecule has 1 rings (SSSR count). The van der Waals surface area contributed by atoms with Crippen molar-refractivity contribution < 1.29 is 13.2 Å². The quantitative estimate of drug-likeness (QED) is 0.732. The van der Waals surface area contributed by atoms with E-state index in [2.05, 4.69) is 17.0 Å². The summed E-state index contributed by atoms with van der Waals surface area (Å²) < 4.78 is 32.3. The van der Waals surface area contributed by atoms with E-state index in [9.17, 15) is 8.42 Å². The van der Waals surface area contributed by atoms with E-state index in [1.165, 1.54) is 0 Å². The summed E-state index contributed by atoms with van der Waals surface area (Å²) in [5.41, 5.74) is 0.988. The van der Waals surface area contributed by atoms with Crippen molar-refractivity contribution in [2.45, 2.75) is 44.2 Å². The van der Waals surface area contributed by atoms with E-state index in [1.54, 1.807) is 32.2 Å². The third-order valence-electron chi connectivity index (χ3n) is 3.20. The highest BCUT2D eigenvalue weighted by atomic mass is 32.2. The van der Waals surface area contributed by atoms with Crippen molar-refractivity contribution in [3.8, 4) is 0 Å². The van der Waals surface area contributed by atoms with Crippen LogP contribution in [0.4, 0.5) is 0 Å². The average Bonchev–Trinajstić information content (AvgIpc) is 2.44. The van der Waals surface area contributed by atoms with E-state index in [4.69, 9.17) is 4.74 Å². The largest absolute Gasteiger partial charge is 0.383 e. The molecule has 6 heteroatoms. The SMILES string of the molecule is CCNC(CC)c1cccc(S(=O)(=O)NC(C)COC)c1. The van der Waals surface area contributed by atoms with Gasteiger partial charge in [0.2, 0.25) is 10.0 Å². The Bertz CT molecular complexity index is 531. The van der Waals surface area contributed by atoms with Gasteiger partial charge in [-0.25, -0.2) is 13.1 Å². The van der Waals surface area contributed by atoms with Gasteiger partial charge >= 0.3 is 0 Å². The fourth-order valence-electron chi connectivity index (χ4n) is 2.26. The van der Waals surface area contributed by atoms with Crippen LogP contribution in [0.25, 0.3) is 0 Å². The topological polar surface area (TPSA) is 67.4 Å². The first kappa shape index (κ1) is 18.1. The zero-order valence-corrected chi connectivity index (χ0v) is 14.0. The van der Waals surface area contributed by atoms with Crippen LogP contribution in [-0.2, 0) is 14.8 Å². The molecule has 0 bridgehead atoms. The molecule has 2 N–H and O–H groups in total. The maximum atomic E-state index is 12.4. The molecule has 0 aliphatic carbocycles. The molecule has 120 valence electrons. The molecule has 21 heavy (non-hydrogen) atoms. The van der Waals surface area contributed by atoms with Crippen LogP contribution in [0.5, 0.6) is 0 Å². The van der Waals surface area contributed by atoms with Crippen molar-refractivity contribution in [2.24, 2.45) is 0 Å². The number of rotatable bonds is 9. The van der Waals surface area contributed by atoms with Crippen LogP contribution in [-0.4, -0.2) is 34.7 Å². The lowest BCUT2D eigenvalue weighted by Gasteiger charge is -2.18. The summed E-state index contributed by atoms with van der Waals surface area (Å²) in [7, 11) is -1.97. The van der Waals surface area contributed by atoms with Gasteiger partial charge in [0.1, 0.15) is 0 Å². The zero-order chi connectivity index (χ0) is 15.9. The van der Waals surface area contributed by atoms with Crippen LogP contribution in [0.1, 0.15) is 38.8 Å². The monoisotopic (exact) mass is 314 g/mol. The van der Waals surface area contributed by atoms with Crippen LogP contribution >= 0.6 is 0 Å². The van der Waals surface area contributed by atoms with Gasteiger partial charge in [-0.1, -0.05) is 26.0 Å². The molecule has 0 aromatic heterocycles. The fraction of sp³-hybridized carbons (Fsp3) is 0.600. The number of methoxy groups -OCH3 is 1. The van der Waals surface area contributed by atoms with E-state index >= 15 is 0 Å². The second-order valence-electron chi connectivity index (χ2n) is 5.07. The van der Waals surface area contributed by atoms with E-state index < -0.39 is 10.0 Å². The number of sulfonamides is 1. The Balaban J connectivity index is 2.97. The molecule has 1 aromatic carbocycles. The molecule has 1 aromatic rings. The summed E-state index contributed by atoms with van der Waals surface area (Å²) in [6, 6.07) is 6.99. The van der Waals surface area contributed by atoms with E-state index in [0.717, 1.165) is 18.5 Å². The summed E-state index contributed by atoms with van der Waals surface area (Å²) in [5, 5.41) is 3.35. The Morgan fingerprint density at radius 2 is 2.00 bits per heavy atom. The summed E-state index contributed by atoms with van der Waals surface area (Å²) in [6.07, 6.45) is 0.908. The molecule has 0 aliphatic heterocycles. The minimum Gasteiger partial charge on any atom is -0.383 e. The molecule has 0 heterocycles. The first-order valence-electron chi connectivity index (χ1n) is 7.29. The molecular formula is C15H26N2O3S. The molecule has 0 fully saturated rings. The van der Waals surface area contributed by atoms with Crippen LogP contribution in [0.3, 0.4) is 0 Å². The van der Waals surface area contributed by atoms with Gasteiger partial charge in [0.15, 0.2) is 0 Å². The Morgan fingerprint density at radius 1 is 1.29 bits per heavy atom. The number of nitrogens with one attached hydrogen (secondary N) is 2. The first-order chi connectivity index (χ1) is 9.94. The molecular weight excluding hydrogens is 288 g/mol. The third kappa shape index (κ3) is 5.39. The van der Waals surface area contributed by atoms with Gasteiger partial charge in [0.25, 0.3) is 0 Å². The molecule has 0 spiro atoms. The lowest BCUT2D eigenvalue weighted by atomic mass is 10.0. The van der Waals surface area contributed by atoms with Crippen molar-refractivity contribution in [2.75, 3.05) is 20.3 Å². The predicted octanol–water partition coefficient (Wildman–Crippen LogP) is 2.06. The van der Waals surface area contributed by atoms with Gasteiger partial charge in [-0.3, -0.25) is 0 Å². The van der Waals surface area contributed by atoms with Crippen molar-refractivity contribution >= 4 is 10.0 Å². The Kier molecular flexibility index (Phi) is 7.31. The summed E-state index contributed by atoms with van der Waals surface area (Å²) in [6.45, 7) is 7.08. The number of benzene rings is 1. The van der Waals surface area contributed by atoms with Gasteiger partial charge in [-0.05, 0) is 37.6 Å². The van der Waals surface area contributed by atoms with Crippen LogP contribution in [0.15, 0.2) is 29.2 Å². The van der Waals surface area contributed by atoms with Crippen LogP contribution in [0.2, 0.25) is 0 Å². The van der Waals surface area contributed by atoms with Crippen molar-refractivity contribution in [1.82, 2.24) is 10.0 Å². The highest BCUT2D eigenvalue weighted by Crippen LogP contribution is 2.20. The standard InChI is InChI=1S/C15H26N2O3S/c1-5-15(16-6-2)13-8-7-9-14(10-13)21(18,19)17-12(3)11-20-4/h7-10,12,15-17H,5-6,11H2,1-4H3. The fourth-order valence-corrected chi connectivity index (χ4v) is 3.54. The Hall–Kier alpha value is -0.950. The van der Waals surface area contributed by atoms with Gasteiger partial charge < -0.3 is 10.1 Å². The van der Waals surface area contributed by atoms with Crippen molar-refractivity contribution in [3.05, 3.63) is 29.8 Å². The molecule has 0 saturated carbocycles. The van der Waals surface area contributed by atoms with Gasteiger partial charge in [-0.2, -0.15) is 0 Å². The molecule has 0 aliphatic rings. The first-order valence-corrected chi connectivity index (χ1v) is 8.77. The normalized spacial score (nSPS) is 14.9. The second kappa shape index (κ2) is 8.48. The summed E-state index contributed by atoms with van der Waals surface area (Å²) in [5.74, 6) is 0.